The first-order chi connectivity index (χ1) is 19.2. The van der Waals surface area contributed by atoms with Crippen LogP contribution in [0, 0.1) is 6.92 Å². The molecule has 3 aromatic carbocycles. The molecule has 1 saturated heterocycles. The molecule has 0 unspecified atom stereocenters. The molecule has 1 aliphatic rings. The zero-order valence-corrected chi connectivity index (χ0v) is 22.0. The molecule has 0 N–H and O–H groups in total. The van der Waals surface area contributed by atoms with Crippen molar-refractivity contribution in [3.05, 3.63) is 84.2 Å². The second kappa shape index (κ2) is 11.2. The van der Waals surface area contributed by atoms with Crippen LogP contribution in [0.3, 0.4) is 0 Å². The van der Waals surface area contributed by atoms with Gasteiger partial charge >= 0.3 is 6.36 Å². The van der Waals surface area contributed by atoms with Gasteiger partial charge in [-0.1, -0.05) is 36.0 Å². The third-order valence-corrected chi connectivity index (χ3v) is 6.67. The summed E-state index contributed by atoms with van der Waals surface area (Å²) in [5, 5.41) is 13.3. The maximum Gasteiger partial charge on any atom is 0.573 e. The molecule has 204 valence electrons. The lowest BCUT2D eigenvalue weighted by Crippen LogP contribution is -2.29. The van der Waals surface area contributed by atoms with E-state index in [0.717, 1.165) is 22.4 Å². The predicted octanol–water partition coefficient (Wildman–Crippen LogP) is 5.62. The van der Waals surface area contributed by atoms with Crippen molar-refractivity contribution < 1.29 is 27.4 Å². The van der Waals surface area contributed by atoms with Crippen molar-refractivity contribution in [2.45, 2.75) is 13.3 Å². The number of ether oxygens (including phenoxy) is 2. The van der Waals surface area contributed by atoms with E-state index in [2.05, 4.69) is 25.0 Å². The number of anilines is 1. The number of benzene rings is 3. The SMILES string of the molecule is COc1ccc(N2C(=O)CSC2=NN=Cc2ccc(-c3ncn(-c4ccc(OC(F)(F)F)cc4)n3)cc2)c(C)c1. The summed E-state index contributed by atoms with van der Waals surface area (Å²) in [5.74, 6) is 1.02. The van der Waals surface area contributed by atoms with E-state index in [1.807, 2.05) is 43.3 Å². The number of amidine groups is 1. The van der Waals surface area contributed by atoms with E-state index in [0.29, 0.717) is 22.4 Å². The Bertz CT molecular complexity index is 1580. The van der Waals surface area contributed by atoms with Gasteiger partial charge in [-0.15, -0.1) is 23.4 Å². The molecule has 1 amide bonds. The molecule has 0 spiro atoms. The average Bonchev–Trinajstić information content (AvgIpc) is 3.56. The summed E-state index contributed by atoms with van der Waals surface area (Å²) in [4.78, 5) is 18.4. The second-order valence-corrected chi connectivity index (χ2v) is 9.42. The van der Waals surface area contributed by atoms with Gasteiger partial charge in [-0.25, -0.2) is 9.67 Å². The minimum Gasteiger partial charge on any atom is -0.497 e. The highest BCUT2D eigenvalue weighted by Crippen LogP contribution is 2.31. The quantitative estimate of drug-likeness (QED) is 0.213. The van der Waals surface area contributed by atoms with Gasteiger partial charge < -0.3 is 9.47 Å². The Balaban J connectivity index is 1.26. The number of thioether (sulfide) groups is 1. The zero-order chi connectivity index (χ0) is 28.3. The van der Waals surface area contributed by atoms with Crippen molar-refractivity contribution in [3.8, 4) is 28.6 Å². The van der Waals surface area contributed by atoms with E-state index in [1.165, 1.54) is 47.0 Å². The number of carbonyl (C=O) groups is 1. The number of carbonyl (C=O) groups excluding carboxylic acids is 1. The molecule has 0 atom stereocenters. The predicted molar refractivity (Wildman–Crippen MR) is 146 cm³/mol. The minimum atomic E-state index is -4.75. The fraction of sp³-hybridized carbons (Fsp3) is 0.148. The number of amides is 1. The molecule has 0 radical (unpaired) electrons. The molecule has 13 heteroatoms. The summed E-state index contributed by atoms with van der Waals surface area (Å²) in [6.07, 6.45) is -1.70. The summed E-state index contributed by atoms with van der Waals surface area (Å²) >= 11 is 1.32. The van der Waals surface area contributed by atoms with Crippen LogP contribution in [0.1, 0.15) is 11.1 Å². The van der Waals surface area contributed by atoms with Gasteiger partial charge in [0.15, 0.2) is 11.0 Å². The maximum atomic E-state index is 12.5. The van der Waals surface area contributed by atoms with E-state index < -0.39 is 6.36 Å². The number of aromatic nitrogens is 3. The Morgan fingerprint density at radius 3 is 2.42 bits per heavy atom. The number of hydrogen-bond donors (Lipinski definition) is 0. The topological polar surface area (TPSA) is 94.2 Å². The Hall–Kier alpha value is -4.65. The van der Waals surface area contributed by atoms with Gasteiger partial charge in [0.25, 0.3) is 0 Å². The number of methoxy groups -OCH3 is 1. The number of alkyl halides is 3. The van der Waals surface area contributed by atoms with Crippen LogP contribution in [-0.2, 0) is 4.79 Å². The van der Waals surface area contributed by atoms with Crippen molar-refractivity contribution in [3.63, 3.8) is 0 Å². The van der Waals surface area contributed by atoms with Gasteiger partial charge in [0.2, 0.25) is 5.91 Å². The lowest BCUT2D eigenvalue weighted by atomic mass is 10.1. The Morgan fingerprint density at radius 2 is 1.75 bits per heavy atom. The molecule has 5 rings (SSSR count). The number of aryl methyl sites for hydroxylation is 1. The fourth-order valence-electron chi connectivity index (χ4n) is 3.86. The van der Waals surface area contributed by atoms with Crippen LogP contribution in [0.15, 0.2) is 83.3 Å². The Labute approximate surface area is 231 Å². The molecule has 4 aromatic rings. The van der Waals surface area contributed by atoms with Crippen LogP contribution in [-0.4, -0.2) is 51.3 Å². The second-order valence-electron chi connectivity index (χ2n) is 8.47. The smallest absolute Gasteiger partial charge is 0.497 e. The average molecular weight is 567 g/mol. The molecule has 2 heterocycles. The van der Waals surface area contributed by atoms with E-state index >= 15 is 0 Å². The largest absolute Gasteiger partial charge is 0.573 e. The van der Waals surface area contributed by atoms with Crippen LogP contribution in [0.4, 0.5) is 18.9 Å². The minimum absolute atomic E-state index is 0.0749. The van der Waals surface area contributed by atoms with Gasteiger partial charge in [-0.2, -0.15) is 5.10 Å². The molecule has 0 bridgehead atoms. The summed E-state index contributed by atoms with van der Waals surface area (Å²) < 4.78 is 47.7. The van der Waals surface area contributed by atoms with Gasteiger partial charge in [0, 0.05) is 5.56 Å². The number of rotatable bonds is 7. The van der Waals surface area contributed by atoms with Gasteiger partial charge in [-0.05, 0) is 60.5 Å². The van der Waals surface area contributed by atoms with Crippen molar-refractivity contribution >= 4 is 34.7 Å². The first-order valence-electron chi connectivity index (χ1n) is 11.8. The molecule has 1 aromatic heterocycles. The molecule has 1 fully saturated rings. The van der Waals surface area contributed by atoms with Crippen LogP contribution < -0.4 is 14.4 Å². The van der Waals surface area contributed by atoms with Crippen LogP contribution >= 0.6 is 11.8 Å². The highest BCUT2D eigenvalue weighted by atomic mass is 32.2. The molecular formula is C27H21F3N6O3S. The van der Waals surface area contributed by atoms with Crippen molar-refractivity contribution in [1.29, 1.82) is 0 Å². The van der Waals surface area contributed by atoms with Gasteiger partial charge in [0.1, 0.15) is 17.8 Å². The van der Waals surface area contributed by atoms with Crippen LogP contribution in [0.2, 0.25) is 0 Å². The third kappa shape index (κ3) is 6.15. The Morgan fingerprint density at radius 1 is 1.02 bits per heavy atom. The number of halogens is 3. The lowest BCUT2D eigenvalue weighted by molar-refractivity contribution is -0.274. The fourth-order valence-corrected chi connectivity index (χ4v) is 4.68. The number of hydrogen-bond acceptors (Lipinski definition) is 8. The molecule has 40 heavy (non-hydrogen) atoms. The highest BCUT2D eigenvalue weighted by Gasteiger charge is 2.31. The standard InChI is InChI=1S/C27H21F3N6O3S/c1-17-13-22(38-2)11-12-23(17)36-24(37)15-40-26(36)33-32-14-18-3-5-19(6-4-18)25-31-16-35(34-25)20-7-9-21(10-8-20)39-27(28,29)30/h3-14,16H,15H2,1-2H3. The van der Waals surface area contributed by atoms with E-state index in [9.17, 15) is 18.0 Å². The van der Waals surface area contributed by atoms with Crippen molar-refractivity contribution in [2.24, 2.45) is 10.2 Å². The van der Waals surface area contributed by atoms with Crippen LogP contribution in [0.5, 0.6) is 11.5 Å². The first-order valence-corrected chi connectivity index (χ1v) is 12.8. The first kappa shape index (κ1) is 26.9. The third-order valence-electron chi connectivity index (χ3n) is 5.76. The molecule has 9 nitrogen and oxygen atoms in total. The van der Waals surface area contributed by atoms with Crippen molar-refractivity contribution in [1.82, 2.24) is 14.8 Å². The molecule has 0 saturated carbocycles. The summed E-state index contributed by atoms with van der Waals surface area (Å²) in [7, 11) is 1.59. The molecule has 0 aliphatic carbocycles. The normalized spacial score (nSPS) is 14.9. The van der Waals surface area contributed by atoms with Gasteiger partial charge in [0.05, 0.1) is 30.5 Å². The number of nitrogens with zero attached hydrogens (tertiary/aromatic N) is 6. The van der Waals surface area contributed by atoms with Crippen molar-refractivity contribution in [2.75, 3.05) is 17.8 Å². The van der Waals surface area contributed by atoms with Crippen LogP contribution in [0.25, 0.3) is 17.1 Å². The summed E-state index contributed by atoms with van der Waals surface area (Å²) in [6, 6.07) is 18.1. The summed E-state index contributed by atoms with van der Waals surface area (Å²) in [5.41, 5.74) is 3.64. The van der Waals surface area contributed by atoms with E-state index in [4.69, 9.17) is 4.74 Å². The van der Waals surface area contributed by atoms with E-state index in [1.54, 1.807) is 24.3 Å². The maximum absolute atomic E-state index is 12.5. The molecule has 1 aliphatic heterocycles. The monoisotopic (exact) mass is 566 g/mol. The molecular weight excluding hydrogens is 545 g/mol. The lowest BCUT2D eigenvalue weighted by Gasteiger charge is -2.18. The van der Waals surface area contributed by atoms with Gasteiger partial charge in [-0.3, -0.25) is 9.69 Å². The Kier molecular flexibility index (Phi) is 7.56. The highest BCUT2D eigenvalue weighted by molar-refractivity contribution is 8.15. The summed E-state index contributed by atoms with van der Waals surface area (Å²) in [6.45, 7) is 1.90. The van der Waals surface area contributed by atoms with E-state index in [-0.39, 0.29) is 17.4 Å². The zero-order valence-electron chi connectivity index (χ0n) is 21.2.